The normalized spacial score (nSPS) is 28.3. The van der Waals surface area contributed by atoms with Crippen molar-refractivity contribution in [1.82, 2.24) is 4.90 Å². The molecule has 1 fully saturated rings. The lowest BCUT2D eigenvalue weighted by atomic mass is 9.84. The molecule has 96 valence electrons. The van der Waals surface area contributed by atoms with Gasteiger partial charge in [-0.15, -0.1) is 0 Å². The van der Waals surface area contributed by atoms with Gasteiger partial charge >= 0.3 is 0 Å². The molecule has 0 saturated heterocycles. The quantitative estimate of drug-likeness (QED) is 0.700. The Hall–Kier alpha value is -0.760. The van der Waals surface area contributed by atoms with Gasteiger partial charge in [-0.25, -0.2) is 0 Å². The summed E-state index contributed by atoms with van der Waals surface area (Å²) in [6, 6.07) is 0. The molecule has 0 aromatic rings. The van der Waals surface area contributed by atoms with Crippen LogP contribution < -0.4 is 0 Å². The predicted octanol–water partition coefficient (Wildman–Crippen LogP) is 3.36. The van der Waals surface area contributed by atoms with Crippen LogP contribution >= 0.6 is 0 Å². The molecule has 0 radical (unpaired) electrons. The van der Waals surface area contributed by atoms with Gasteiger partial charge in [0.2, 0.25) is 0 Å². The number of allylic oxidation sites excluding steroid dienone is 1. The summed E-state index contributed by atoms with van der Waals surface area (Å²) in [4.78, 5) is 2.39. The molecular weight excluding hydrogens is 210 g/mol. The van der Waals surface area contributed by atoms with Crippen LogP contribution in [-0.2, 0) is 4.74 Å². The minimum Gasteiger partial charge on any atom is -0.494 e. The van der Waals surface area contributed by atoms with Gasteiger partial charge in [0, 0.05) is 0 Å². The van der Waals surface area contributed by atoms with Gasteiger partial charge in [0.25, 0.3) is 0 Å². The number of likely N-dealkylation sites (N-methyl/N-ethyl adjacent to an activating group) is 1. The Morgan fingerprint density at radius 1 is 1.35 bits per heavy atom. The van der Waals surface area contributed by atoms with Crippen LogP contribution in [0.2, 0.25) is 0 Å². The zero-order chi connectivity index (χ0) is 12.5. The number of rotatable bonds is 6. The maximum atomic E-state index is 5.72. The molecule has 2 aliphatic rings. The van der Waals surface area contributed by atoms with Crippen molar-refractivity contribution >= 4 is 0 Å². The van der Waals surface area contributed by atoms with Gasteiger partial charge < -0.3 is 4.74 Å². The fourth-order valence-electron chi connectivity index (χ4n) is 3.12. The van der Waals surface area contributed by atoms with E-state index in [1.54, 1.807) is 5.57 Å². The van der Waals surface area contributed by atoms with Crippen LogP contribution in [0, 0.1) is 5.92 Å². The number of ether oxygens (including phenoxy) is 1. The molecule has 0 aromatic carbocycles. The fraction of sp³-hybridized carbons (Fsp3) is 0.733. The van der Waals surface area contributed by atoms with Crippen LogP contribution in [0.15, 0.2) is 23.5 Å². The molecule has 2 aliphatic carbocycles. The molecule has 17 heavy (non-hydrogen) atoms. The topological polar surface area (TPSA) is 12.5 Å². The Morgan fingerprint density at radius 2 is 2.06 bits per heavy atom. The highest BCUT2D eigenvalue weighted by molar-refractivity contribution is 5.45. The van der Waals surface area contributed by atoms with Crippen molar-refractivity contribution < 1.29 is 4.74 Å². The second-order valence-electron chi connectivity index (χ2n) is 5.39. The van der Waals surface area contributed by atoms with Crippen molar-refractivity contribution in [3.63, 3.8) is 0 Å². The maximum absolute atomic E-state index is 5.72. The molecule has 2 rings (SSSR count). The lowest BCUT2D eigenvalue weighted by Crippen LogP contribution is -2.45. The summed E-state index contributed by atoms with van der Waals surface area (Å²) in [5.41, 5.74) is 1.71. The molecule has 1 saturated carbocycles. The summed E-state index contributed by atoms with van der Waals surface area (Å²) in [6.07, 6.45) is 9.75. The van der Waals surface area contributed by atoms with Crippen LogP contribution in [0.5, 0.6) is 0 Å². The summed E-state index contributed by atoms with van der Waals surface area (Å²) in [7, 11) is 4.40. The number of hydrogen-bond acceptors (Lipinski definition) is 2. The zero-order valence-electron chi connectivity index (χ0n) is 11.6. The molecule has 1 atom stereocenters. The Morgan fingerprint density at radius 3 is 2.53 bits per heavy atom. The highest BCUT2D eigenvalue weighted by atomic mass is 16.5. The molecular formula is C15H25NO. The molecule has 2 nitrogen and oxygen atoms in total. The van der Waals surface area contributed by atoms with Crippen molar-refractivity contribution in [2.24, 2.45) is 5.92 Å². The predicted molar refractivity (Wildman–Crippen MR) is 71.8 cm³/mol. The number of nitrogens with zero attached hydrogens (tertiary/aromatic N) is 1. The van der Waals surface area contributed by atoms with E-state index < -0.39 is 0 Å². The third-order valence-electron chi connectivity index (χ3n) is 3.96. The van der Waals surface area contributed by atoms with E-state index in [4.69, 9.17) is 4.74 Å². The van der Waals surface area contributed by atoms with Crippen LogP contribution in [0.1, 0.15) is 39.5 Å². The van der Waals surface area contributed by atoms with E-state index in [9.17, 15) is 0 Å². The first-order valence-corrected chi connectivity index (χ1v) is 6.89. The third-order valence-corrected chi connectivity index (χ3v) is 3.96. The van der Waals surface area contributed by atoms with E-state index in [1.807, 2.05) is 0 Å². The minimum absolute atomic E-state index is 0.153. The second-order valence-corrected chi connectivity index (χ2v) is 5.39. The molecule has 0 N–H and O–H groups in total. The highest BCUT2D eigenvalue weighted by Gasteiger charge is 2.50. The molecule has 0 heterocycles. The highest BCUT2D eigenvalue weighted by Crippen LogP contribution is 2.51. The molecule has 2 heteroatoms. The van der Waals surface area contributed by atoms with Gasteiger partial charge in [0.05, 0.1) is 12.1 Å². The average molecular weight is 235 g/mol. The number of hydrogen-bond donors (Lipinski definition) is 0. The van der Waals surface area contributed by atoms with Crippen molar-refractivity contribution in [2.45, 2.75) is 45.1 Å². The van der Waals surface area contributed by atoms with Crippen LogP contribution in [0.3, 0.4) is 0 Å². The van der Waals surface area contributed by atoms with Gasteiger partial charge in [-0.2, -0.15) is 0 Å². The largest absolute Gasteiger partial charge is 0.494 e. The first kappa shape index (κ1) is 12.7. The summed E-state index contributed by atoms with van der Waals surface area (Å²) < 4.78 is 5.72. The van der Waals surface area contributed by atoms with E-state index in [0.717, 1.165) is 18.3 Å². The summed E-state index contributed by atoms with van der Waals surface area (Å²) >= 11 is 0. The van der Waals surface area contributed by atoms with Gasteiger partial charge in [-0.1, -0.05) is 13.3 Å². The molecule has 0 aliphatic heterocycles. The molecule has 0 amide bonds. The first-order valence-electron chi connectivity index (χ1n) is 6.89. The molecule has 0 spiro atoms. The standard InChI is InChI=1S/C15H25NO/c1-5-7-13-10-14(17-6-2)11-15(13,16(3)4)12-8-9-12/h10-12H,5-9H2,1-4H3. The van der Waals surface area contributed by atoms with Crippen LogP contribution in [0.25, 0.3) is 0 Å². The Bertz CT molecular complexity index is 335. The fourth-order valence-corrected chi connectivity index (χ4v) is 3.12. The first-order chi connectivity index (χ1) is 8.15. The van der Waals surface area contributed by atoms with E-state index in [1.165, 1.54) is 25.7 Å². The average Bonchev–Trinajstić information content (AvgIpc) is 3.05. The van der Waals surface area contributed by atoms with E-state index >= 15 is 0 Å². The van der Waals surface area contributed by atoms with Gasteiger partial charge in [-0.3, -0.25) is 4.90 Å². The molecule has 0 bridgehead atoms. The van der Waals surface area contributed by atoms with E-state index in [2.05, 4.69) is 45.0 Å². The second kappa shape index (κ2) is 4.85. The van der Waals surface area contributed by atoms with Crippen molar-refractivity contribution in [2.75, 3.05) is 20.7 Å². The zero-order valence-corrected chi connectivity index (χ0v) is 11.6. The van der Waals surface area contributed by atoms with Gasteiger partial charge in [-0.05, 0) is 63.9 Å². The summed E-state index contributed by atoms with van der Waals surface area (Å²) in [6.45, 7) is 5.07. The van der Waals surface area contributed by atoms with Gasteiger partial charge in [0.1, 0.15) is 5.76 Å². The maximum Gasteiger partial charge on any atom is 0.117 e. The Balaban J connectivity index is 2.30. The SMILES string of the molecule is CCCC1=CC(OCC)=CC1(C1CC1)N(C)C. The van der Waals surface area contributed by atoms with E-state index in [-0.39, 0.29) is 5.54 Å². The Kier molecular flexibility index (Phi) is 3.62. The van der Waals surface area contributed by atoms with Crippen LogP contribution in [-0.4, -0.2) is 31.1 Å². The lowest BCUT2D eigenvalue weighted by Gasteiger charge is -2.38. The smallest absolute Gasteiger partial charge is 0.117 e. The monoisotopic (exact) mass is 235 g/mol. The summed E-state index contributed by atoms with van der Waals surface area (Å²) in [5, 5.41) is 0. The minimum atomic E-state index is 0.153. The summed E-state index contributed by atoms with van der Waals surface area (Å²) in [5.74, 6) is 1.88. The van der Waals surface area contributed by atoms with Crippen molar-refractivity contribution in [3.05, 3.63) is 23.5 Å². The lowest BCUT2D eigenvalue weighted by molar-refractivity contribution is 0.206. The van der Waals surface area contributed by atoms with E-state index in [0.29, 0.717) is 0 Å². The molecule has 0 aromatic heterocycles. The van der Waals surface area contributed by atoms with Crippen molar-refractivity contribution in [1.29, 1.82) is 0 Å². The Labute approximate surface area is 105 Å². The molecule has 1 unspecified atom stereocenters. The third kappa shape index (κ3) is 2.15. The van der Waals surface area contributed by atoms with Crippen molar-refractivity contribution in [3.8, 4) is 0 Å². The van der Waals surface area contributed by atoms with Gasteiger partial charge in [0.15, 0.2) is 0 Å². The van der Waals surface area contributed by atoms with Crippen LogP contribution in [0.4, 0.5) is 0 Å².